The molecule has 1 aliphatic carbocycles. The van der Waals surface area contributed by atoms with E-state index in [1.165, 1.54) is 19.3 Å². The third-order valence-corrected chi connectivity index (χ3v) is 2.32. The minimum absolute atomic E-state index is 0.839. The first-order valence-corrected chi connectivity index (χ1v) is 4.73. The van der Waals surface area contributed by atoms with E-state index >= 15 is 0 Å². The second kappa shape index (κ2) is 4.55. The predicted molar refractivity (Wildman–Crippen MR) is 49.6 cm³/mol. The van der Waals surface area contributed by atoms with Crippen LogP contribution in [0.4, 0.5) is 0 Å². The molecule has 1 saturated carbocycles. The van der Waals surface area contributed by atoms with Crippen LogP contribution in [0.15, 0.2) is 12.2 Å². The van der Waals surface area contributed by atoms with Crippen molar-refractivity contribution in [3.8, 4) is 0 Å². The van der Waals surface area contributed by atoms with Crippen molar-refractivity contribution in [3.63, 3.8) is 0 Å². The average Bonchev–Trinajstić information content (AvgIpc) is 2.70. The van der Waals surface area contributed by atoms with Crippen molar-refractivity contribution >= 4 is 0 Å². The van der Waals surface area contributed by atoms with Crippen LogP contribution in [0.3, 0.4) is 0 Å². The lowest BCUT2D eigenvalue weighted by Crippen LogP contribution is -2.17. The maximum absolute atomic E-state index is 3.51. The Morgan fingerprint density at radius 2 is 2.36 bits per heavy atom. The van der Waals surface area contributed by atoms with Crippen molar-refractivity contribution in [2.24, 2.45) is 5.92 Å². The highest BCUT2D eigenvalue weighted by Gasteiger charge is 2.34. The van der Waals surface area contributed by atoms with E-state index in [9.17, 15) is 0 Å². The van der Waals surface area contributed by atoms with Gasteiger partial charge in [0.05, 0.1) is 0 Å². The van der Waals surface area contributed by atoms with Gasteiger partial charge in [-0.15, -0.1) is 0 Å². The fourth-order valence-electron chi connectivity index (χ4n) is 1.52. The summed E-state index contributed by atoms with van der Waals surface area (Å²) in [6.07, 6.45) is 8.44. The standard InChI is InChI=1S/C10H19N/c1-3-5-7-11-10-8-9(10)6-4-2/h3,5,9-11H,4,6-8H2,1-2H3/b5-3+. The molecule has 0 radical (unpaired) electrons. The molecule has 1 N–H and O–H groups in total. The molecule has 1 heteroatoms. The summed E-state index contributed by atoms with van der Waals surface area (Å²) in [7, 11) is 0. The monoisotopic (exact) mass is 153 g/mol. The van der Waals surface area contributed by atoms with E-state index in [1.807, 2.05) is 0 Å². The maximum Gasteiger partial charge on any atom is 0.0137 e. The summed E-state index contributed by atoms with van der Waals surface area (Å²) in [6, 6.07) is 0.839. The largest absolute Gasteiger partial charge is 0.310 e. The lowest BCUT2D eigenvalue weighted by Gasteiger charge is -1.98. The van der Waals surface area contributed by atoms with E-state index in [-0.39, 0.29) is 0 Å². The van der Waals surface area contributed by atoms with Crippen molar-refractivity contribution in [3.05, 3.63) is 12.2 Å². The highest BCUT2D eigenvalue weighted by molar-refractivity contribution is 4.94. The van der Waals surface area contributed by atoms with Gasteiger partial charge in [0.25, 0.3) is 0 Å². The van der Waals surface area contributed by atoms with Gasteiger partial charge in [-0.3, -0.25) is 0 Å². The summed E-state index contributed by atoms with van der Waals surface area (Å²) in [4.78, 5) is 0. The minimum Gasteiger partial charge on any atom is -0.310 e. The normalized spacial score (nSPS) is 29.6. The Labute approximate surface area is 69.9 Å². The molecule has 64 valence electrons. The first-order chi connectivity index (χ1) is 5.38. The molecule has 11 heavy (non-hydrogen) atoms. The second-order valence-electron chi connectivity index (χ2n) is 3.37. The molecule has 0 amide bonds. The van der Waals surface area contributed by atoms with E-state index < -0.39 is 0 Å². The Morgan fingerprint density at radius 1 is 1.55 bits per heavy atom. The van der Waals surface area contributed by atoms with Crippen LogP contribution >= 0.6 is 0 Å². The highest BCUT2D eigenvalue weighted by atomic mass is 15.0. The Hall–Kier alpha value is -0.300. The van der Waals surface area contributed by atoms with Gasteiger partial charge in [-0.05, 0) is 25.7 Å². The van der Waals surface area contributed by atoms with Gasteiger partial charge in [0.2, 0.25) is 0 Å². The molecule has 0 aliphatic heterocycles. The summed E-state index contributed by atoms with van der Waals surface area (Å²) in [5.41, 5.74) is 0. The SMILES string of the molecule is C/C=C/CNC1CC1CCC. The first kappa shape index (κ1) is 8.79. The predicted octanol–water partition coefficient (Wildman–Crippen LogP) is 2.34. The second-order valence-corrected chi connectivity index (χ2v) is 3.37. The Balaban J connectivity index is 1.95. The van der Waals surface area contributed by atoms with Gasteiger partial charge in [0, 0.05) is 12.6 Å². The lowest BCUT2D eigenvalue weighted by atomic mass is 10.2. The van der Waals surface area contributed by atoms with Crippen molar-refractivity contribution < 1.29 is 0 Å². The molecular formula is C10H19N. The van der Waals surface area contributed by atoms with Crippen LogP contribution in [-0.4, -0.2) is 12.6 Å². The van der Waals surface area contributed by atoms with Gasteiger partial charge in [-0.1, -0.05) is 25.5 Å². The van der Waals surface area contributed by atoms with E-state index in [2.05, 4.69) is 31.3 Å². The van der Waals surface area contributed by atoms with Gasteiger partial charge < -0.3 is 5.32 Å². The zero-order valence-electron chi connectivity index (χ0n) is 7.64. The number of rotatable bonds is 5. The van der Waals surface area contributed by atoms with Crippen molar-refractivity contribution in [1.82, 2.24) is 5.32 Å². The van der Waals surface area contributed by atoms with E-state index in [1.54, 1.807) is 0 Å². The topological polar surface area (TPSA) is 12.0 Å². The van der Waals surface area contributed by atoms with Crippen LogP contribution < -0.4 is 5.32 Å². The lowest BCUT2D eigenvalue weighted by molar-refractivity contribution is 0.625. The molecular weight excluding hydrogens is 134 g/mol. The van der Waals surface area contributed by atoms with Crippen molar-refractivity contribution in [2.75, 3.05) is 6.54 Å². The van der Waals surface area contributed by atoms with Crippen LogP contribution in [-0.2, 0) is 0 Å². The molecule has 0 aromatic rings. The Kier molecular flexibility index (Phi) is 3.64. The molecule has 0 spiro atoms. The van der Waals surface area contributed by atoms with Gasteiger partial charge in [-0.2, -0.15) is 0 Å². The minimum atomic E-state index is 0.839. The molecule has 1 aliphatic rings. The van der Waals surface area contributed by atoms with Crippen LogP contribution in [0.2, 0.25) is 0 Å². The third-order valence-electron chi connectivity index (χ3n) is 2.32. The summed E-state index contributed by atoms with van der Waals surface area (Å²) in [5, 5.41) is 3.51. The van der Waals surface area contributed by atoms with Gasteiger partial charge in [0.1, 0.15) is 0 Å². The third kappa shape index (κ3) is 3.06. The average molecular weight is 153 g/mol. The van der Waals surface area contributed by atoms with Crippen LogP contribution in [0.1, 0.15) is 33.1 Å². The molecule has 0 aromatic heterocycles. The van der Waals surface area contributed by atoms with Crippen LogP contribution in [0.25, 0.3) is 0 Å². The number of nitrogens with one attached hydrogen (secondary N) is 1. The molecule has 0 bridgehead atoms. The van der Waals surface area contributed by atoms with Crippen LogP contribution in [0, 0.1) is 5.92 Å². The van der Waals surface area contributed by atoms with E-state index in [0.29, 0.717) is 0 Å². The molecule has 0 saturated heterocycles. The fourth-order valence-corrected chi connectivity index (χ4v) is 1.52. The van der Waals surface area contributed by atoms with Gasteiger partial charge >= 0.3 is 0 Å². The number of hydrogen-bond donors (Lipinski definition) is 1. The fraction of sp³-hybridized carbons (Fsp3) is 0.800. The molecule has 1 fully saturated rings. The Morgan fingerprint density at radius 3 is 3.00 bits per heavy atom. The summed E-state index contributed by atoms with van der Waals surface area (Å²) in [5.74, 6) is 0.991. The van der Waals surface area contributed by atoms with Gasteiger partial charge in [0.15, 0.2) is 0 Å². The maximum atomic E-state index is 3.51. The van der Waals surface area contributed by atoms with E-state index in [0.717, 1.165) is 18.5 Å². The van der Waals surface area contributed by atoms with Crippen molar-refractivity contribution in [2.45, 2.75) is 39.2 Å². The smallest absolute Gasteiger partial charge is 0.0137 e. The summed E-state index contributed by atoms with van der Waals surface area (Å²) in [6.45, 7) is 5.39. The summed E-state index contributed by atoms with van der Waals surface area (Å²) < 4.78 is 0. The number of hydrogen-bond acceptors (Lipinski definition) is 1. The molecule has 2 unspecified atom stereocenters. The van der Waals surface area contributed by atoms with Crippen LogP contribution in [0.5, 0.6) is 0 Å². The first-order valence-electron chi connectivity index (χ1n) is 4.73. The molecule has 2 atom stereocenters. The zero-order chi connectivity index (χ0) is 8.10. The molecule has 1 rings (SSSR count). The molecule has 0 heterocycles. The number of allylic oxidation sites excluding steroid dienone is 1. The molecule has 0 aromatic carbocycles. The van der Waals surface area contributed by atoms with Gasteiger partial charge in [-0.25, -0.2) is 0 Å². The summed E-state index contributed by atoms with van der Waals surface area (Å²) >= 11 is 0. The zero-order valence-corrected chi connectivity index (χ0v) is 7.64. The quantitative estimate of drug-likeness (QED) is 0.598. The highest BCUT2D eigenvalue weighted by Crippen LogP contribution is 2.34. The van der Waals surface area contributed by atoms with E-state index in [4.69, 9.17) is 0 Å². The van der Waals surface area contributed by atoms with Crippen molar-refractivity contribution in [1.29, 1.82) is 0 Å². The molecule has 1 nitrogen and oxygen atoms in total. The Bertz CT molecular complexity index is 129.